The first-order chi connectivity index (χ1) is 12.6. The van der Waals surface area contributed by atoms with Crippen LogP contribution in [0.15, 0.2) is 54.4 Å². The quantitative estimate of drug-likeness (QED) is 0.505. The molecule has 3 N–H and O–H groups in total. The predicted octanol–water partition coefficient (Wildman–Crippen LogP) is 4.26. The average Bonchev–Trinajstić information content (AvgIpc) is 3.37. The summed E-state index contributed by atoms with van der Waals surface area (Å²) in [7, 11) is 0. The van der Waals surface area contributed by atoms with Gasteiger partial charge >= 0.3 is 0 Å². The van der Waals surface area contributed by atoms with Crippen molar-refractivity contribution in [3.63, 3.8) is 0 Å². The fraction of sp³-hybridized carbons (Fsp3) is 0.0556. The second-order valence-corrected chi connectivity index (χ2v) is 7.55. The van der Waals surface area contributed by atoms with E-state index in [2.05, 4.69) is 15.3 Å². The maximum absolute atomic E-state index is 12.7. The van der Waals surface area contributed by atoms with Gasteiger partial charge in [0.05, 0.1) is 11.2 Å². The lowest BCUT2D eigenvalue weighted by atomic mass is 10.2. The lowest BCUT2D eigenvalue weighted by molar-refractivity contribution is 0.104. The molecule has 0 amide bonds. The molecule has 0 bridgehead atoms. The minimum atomic E-state index is -0.0731. The van der Waals surface area contributed by atoms with Crippen molar-refractivity contribution in [1.82, 2.24) is 14.5 Å². The van der Waals surface area contributed by atoms with E-state index in [1.54, 1.807) is 12.5 Å². The average molecular weight is 381 g/mol. The first kappa shape index (κ1) is 16.5. The monoisotopic (exact) mass is 381 g/mol. The first-order valence-corrected chi connectivity index (χ1v) is 9.52. The fourth-order valence-corrected chi connectivity index (χ4v) is 4.30. The number of thiophene rings is 1. The molecule has 130 valence electrons. The van der Waals surface area contributed by atoms with Gasteiger partial charge in [0.25, 0.3) is 0 Å². The highest BCUT2D eigenvalue weighted by Crippen LogP contribution is 2.31. The molecule has 0 radical (unpaired) electrons. The van der Waals surface area contributed by atoms with Crippen molar-refractivity contribution in [2.75, 3.05) is 11.1 Å². The summed E-state index contributed by atoms with van der Waals surface area (Å²) >= 11 is 2.69. The van der Waals surface area contributed by atoms with E-state index < -0.39 is 0 Å². The maximum Gasteiger partial charge on any atom is 0.217 e. The number of hydrogen-bond donors (Lipinski definition) is 2. The second-order valence-electron chi connectivity index (χ2n) is 5.64. The lowest BCUT2D eigenvalue weighted by Gasteiger charge is -2.05. The molecule has 0 saturated carbocycles. The molecule has 3 heterocycles. The number of nitrogen functional groups attached to an aromatic ring is 1. The van der Waals surface area contributed by atoms with Crippen molar-refractivity contribution >= 4 is 45.1 Å². The van der Waals surface area contributed by atoms with E-state index in [9.17, 15) is 4.79 Å². The zero-order chi connectivity index (χ0) is 18.1. The molecule has 0 saturated heterocycles. The number of ketones is 1. The molecule has 8 heteroatoms. The van der Waals surface area contributed by atoms with Gasteiger partial charge in [-0.05, 0) is 48.2 Å². The topological polar surface area (TPSA) is 85.8 Å². The van der Waals surface area contributed by atoms with Gasteiger partial charge in [-0.25, -0.2) is 9.97 Å². The molecule has 6 nitrogen and oxygen atoms in total. The summed E-state index contributed by atoms with van der Waals surface area (Å²) in [5, 5.41) is 5.70. The molecule has 0 unspecified atom stereocenters. The second kappa shape index (κ2) is 6.74. The predicted molar refractivity (Wildman–Crippen MR) is 106 cm³/mol. The number of nitrogens with zero attached hydrogens (tertiary/aromatic N) is 3. The lowest BCUT2D eigenvalue weighted by Crippen LogP contribution is -2.01. The Morgan fingerprint density at radius 2 is 2.00 bits per heavy atom. The smallest absolute Gasteiger partial charge is 0.217 e. The molecular weight excluding hydrogens is 366 g/mol. The van der Waals surface area contributed by atoms with Crippen LogP contribution in [0.3, 0.4) is 0 Å². The molecule has 0 aliphatic heterocycles. The van der Waals surface area contributed by atoms with Crippen molar-refractivity contribution in [2.45, 2.75) is 6.92 Å². The number of thiazole rings is 1. The zero-order valence-electron chi connectivity index (χ0n) is 13.8. The summed E-state index contributed by atoms with van der Waals surface area (Å²) in [4.78, 5) is 22.2. The number of aromatic nitrogens is 3. The van der Waals surface area contributed by atoms with Gasteiger partial charge in [-0.15, -0.1) is 11.3 Å². The minimum absolute atomic E-state index is 0.0731. The highest BCUT2D eigenvalue weighted by molar-refractivity contribution is 7.19. The normalized spacial score (nSPS) is 10.8. The van der Waals surface area contributed by atoms with E-state index in [-0.39, 0.29) is 11.6 Å². The number of rotatable bonds is 5. The zero-order valence-corrected chi connectivity index (χ0v) is 15.5. The van der Waals surface area contributed by atoms with E-state index >= 15 is 0 Å². The number of nitrogens with one attached hydrogen (secondary N) is 1. The van der Waals surface area contributed by atoms with Gasteiger partial charge in [-0.3, -0.25) is 4.79 Å². The first-order valence-electron chi connectivity index (χ1n) is 7.82. The van der Waals surface area contributed by atoms with E-state index in [4.69, 9.17) is 5.73 Å². The number of imidazole rings is 1. The minimum Gasteiger partial charge on any atom is -0.382 e. The van der Waals surface area contributed by atoms with E-state index in [0.29, 0.717) is 14.9 Å². The van der Waals surface area contributed by atoms with E-state index in [0.717, 1.165) is 16.9 Å². The van der Waals surface area contributed by atoms with Crippen LogP contribution >= 0.6 is 22.7 Å². The molecule has 4 rings (SSSR count). The van der Waals surface area contributed by atoms with Gasteiger partial charge in [-0.2, -0.15) is 0 Å². The molecule has 0 spiro atoms. The van der Waals surface area contributed by atoms with Crippen LogP contribution in [0, 0.1) is 6.92 Å². The number of benzene rings is 1. The number of hydrogen-bond acceptors (Lipinski definition) is 7. The molecule has 26 heavy (non-hydrogen) atoms. The van der Waals surface area contributed by atoms with Crippen LogP contribution in [0.1, 0.15) is 20.1 Å². The summed E-state index contributed by atoms with van der Waals surface area (Å²) < 4.78 is 1.92. The number of nitrogens with two attached hydrogens (primary N) is 1. The maximum atomic E-state index is 12.7. The standard InChI is InChI=1S/C18H15N5OS2/c1-11-6-9-25-15(11)14(24)16-17(19)22-18(26-16)21-12-2-4-13(5-3-12)23-8-7-20-10-23/h2-10H,19H2,1H3,(H,21,22). The summed E-state index contributed by atoms with van der Waals surface area (Å²) in [6, 6.07) is 9.76. The van der Waals surface area contributed by atoms with Crippen LogP contribution in [0.4, 0.5) is 16.6 Å². The van der Waals surface area contributed by atoms with Gasteiger partial charge < -0.3 is 15.6 Å². The third-order valence-electron chi connectivity index (χ3n) is 3.85. The molecular formula is C18H15N5OS2. The number of carbonyl (C=O) groups is 1. The van der Waals surface area contributed by atoms with E-state index in [1.807, 2.05) is 53.4 Å². The Hall–Kier alpha value is -2.97. The molecule has 0 atom stereocenters. The molecule has 4 aromatic rings. The van der Waals surface area contributed by atoms with Crippen molar-refractivity contribution in [1.29, 1.82) is 0 Å². The molecule has 3 aromatic heterocycles. The summed E-state index contributed by atoms with van der Waals surface area (Å²) in [5.41, 5.74) is 8.81. The Bertz CT molecular complexity index is 1050. The Balaban J connectivity index is 1.54. The van der Waals surface area contributed by atoms with Gasteiger partial charge in [-0.1, -0.05) is 11.3 Å². The van der Waals surface area contributed by atoms with Gasteiger partial charge in [0.15, 0.2) is 5.13 Å². The number of carbonyl (C=O) groups excluding carboxylic acids is 1. The van der Waals surface area contributed by atoms with Crippen molar-refractivity contribution in [3.8, 4) is 5.69 Å². The fourth-order valence-electron chi connectivity index (χ4n) is 2.51. The third kappa shape index (κ3) is 3.12. The van der Waals surface area contributed by atoms with Crippen LogP contribution < -0.4 is 11.1 Å². The summed E-state index contributed by atoms with van der Waals surface area (Å²) in [5.74, 6) is 0.182. The van der Waals surface area contributed by atoms with Gasteiger partial charge in [0.1, 0.15) is 10.7 Å². The highest BCUT2D eigenvalue weighted by Gasteiger charge is 2.20. The van der Waals surface area contributed by atoms with Crippen LogP contribution in [-0.2, 0) is 0 Å². The Morgan fingerprint density at radius 3 is 2.65 bits per heavy atom. The van der Waals surface area contributed by atoms with Crippen LogP contribution in [-0.4, -0.2) is 20.3 Å². The number of anilines is 3. The van der Waals surface area contributed by atoms with Crippen molar-refractivity contribution < 1.29 is 4.79 Å². The van der Waals surface area contributed by atoms with Gasteiger partial charge in [0, 0.05) is 23.8 Å². The van der Waals surface area contributed by atoms with E-state index in [1.165, 1.54) is 22.7 Å². The van der Waals surface area contributed by atoms with Gasteiger partial charge in [0.2, 0.25) is 5.78 Å². The Kier molecular flexibility index (Phi) is 4.27. The molecule has 1 aromatic carbocycles. The molecule has 0 aliphatic carbocycles. The molecule has 0 aliphatic rings. The third-order valence-corrected chi connectivity index (χ3v) is 5.85. The number of aryl methyl sites for hydroxylation is 1. The van der Waals surface area contributed by atoms with Crippen molar-refractivity contribution in [3.05, 3.63) is 69.8 Å². The highest BCUT2D eigenvalue weighted by atomic mass is 32.1. The summed E-state index contributed by atoms with van der Waals surface area (Å²) in [6.45, 7) is 1.92. The van der Waals surface area contributed by atoms with Crippen LogP contribution in [0.5, 0.6) is 0 Å². The molecule has 0 fully saturated rings. The largest absolute Gasteiger partial charge is 0.382 e. The van der Waals surface area contributed by atoms with Crippen LogP contribution in [0.25, 0.3) is 5.69 Å². The van der Waals surface area contributed by atoms with Crippen molar-refractivity contribution in [2.24, 2.45) is 0 Å². The Labute approximate surface area is 158 Å². The van der Waals surface area contributed by atoms with Crippen LogP contribution in [0.2, 0.25) is 0 Å². The SMILES string of the molecule is Cc1ccsc1C(=O)c1sc(Nc2ccc(-n3ccnc3)cc2)nc1N. The Morgan fingerprint density at radius 1 is 1.19 bits per heavy atom. The summed E-state index contributed by atoms with van der Waals surface area (Å²) in [6.07, 6.45) is 5.36.